The van der Waals surface area contributed by atoms with Crippen LogP contribution >= 0.6 is 27.5 Å². The second kappa shape index (κ2) is 6.95. The predicted molar refractivity (Wildman–Crippen MR) is 104 cm³/mol. The van der Waals surface area contributed by atoms with Crippen LogP contribution < -0.4 is 9.47 Å². The maximum atomic E-state index is 12.7. The molecule has 142 valence electrons. The molecule has 27 heavy (non-hydrogen) atoms. The van der Waals surface area contributed by atoms with Gasteiger partial charge in [0.2, 0.25) is 0 Å². The largest absolute Gasteiger partial charge is 0.493 e. The van der Waals surface area contributed by atoms with Crippen LogP contribution in [0.15, 0.2) is 27.8 Å². The molecule has 2 amide bonds. The fourth-order valence-electron chi connectivity index (χ4n) is 4.25. The van der Waals surface area contributed by atoms with E-state index in [2.05, 4.69) is 33.2 Å². The van der Waals surface area contributed by atoms with Gasteiger partial charge in [0.1, 0.15) is 5.02 Å². The minimum Gasteiger partial charge on any atom is -0.493 e. The standard InChI is InChI=1S/C19H18BrClN2O4/c1-3-27-17-12(26-2)7-11(15(20)16(17)21)8-22-23-18(24)13-9-4-5-10(6-9)14(13)19(23)25/h4-5,7-10,13-14H,3,6H2,1-2H3/t9-,10-,13-,14+/m0/s1. The van der Waals surface area contributed by atoms with E-state index in [1.165, 1.54) is 13.3 Å². The fourth-order valence-corrected chi connectivity index (χ4v) is 4.90. The van der Waals surface area contributed by atoms with Gasteiger partial charge in [0.05, 0.1) is 31.8 Å². The van der Waals surface area contributed by atoms with Gasteiger partial charge in [-0.05, 0) is 47.2 Å². The van der Waals surface area contributed by atoms with Crippen LogP contribution in [-0.4, -0.2) is 36.8 Å². The molecule has 4 atom stereocenters. The van der Waals surface area contributed by atoms with E-state index in [0.29, 0.717) is 33.2 Å². The number of allylic oxidation sites excluding steroid dienone is 2. The Morgan fingerprint density at radius 3 is 2.48 bits per heavy atom. The molecule has 1 saturated carbocycles. The van der Waals surface area contributed by atoms with Crippen molar-refractivity contribution in [3.8, 4) is 11.5 Å². The summed E-state index contributed by atoms with van der Waals surface area (Å²) in [6.07, 6.45) is 6.44. The van der Waals surface area contributed by atoms with Gasteiger partial charge < -0.3 is 9.47 Å². The number of nitrogens with zero attached hydrogens (tertiary/aromatic N) is 2. The highest BCUT2D eigenvalue weighted by Crippen LogP contribution is 2.52. The molecule has 0 aromatic heterocycles. The highest BCUT2D eigenvalue weighted by atomic mass is 79.9. The highest BCUT2D eigenvalue weighted by Gasteiger charge is 2.59. The van der Waals surface area contributed by atoms with Gasteiger partial charge in [-0.1, -0.05) is 23.8 Å². The molecule has 0 N–H and O–H groups in total. The Morgan fingerprint density at radius 1 is 1.30 bits per heavy atom. The summed E-state index contributed by atoms with van der Waals surface area (Å²) >= 11 is 9.79. The molecule has 1 aromatic carbocycles. The van der Waals surface area contributed by atoms with Gasteiger partial charge in [0.25, 0.3) is 11.8 Å². The summed E-state index contributed by atoms with van der Waals surface area (Å²) in [7, 11) is 1.51. The van der Waals surface area contributed by atoms with E-state index in [9.17, 15) is 9.59 Å². The van der Waals surface area contributed by atoms with Crippen molar-refractivity contribution in [1.82, 2.24) is 5.01 Å². The van der Waals surface area contributed by atoms with Crippen LogP contribution in [0.4, 0.5) is 0 Å². The van der Waals surface area contributed by atoms with Crippen LogP contribution in [0, 0.1) is 23.7 Å². The first kappa shape index (κ1) is 18.5. The SMILES string of the molecule is CCOc1c(OC)cc(C=NN2C(=O)[C@@H]3[C@H](C2=O)[C@H]2C=C[C@H]3C2)c(Br)c1Cl. The quantitative estimate of drug-likeness (QED) is 0.388. The number of halogens is 2. The number of hydrogen-bond acceptors (Lipinski definition) is 5. The number of rotatable bonds is 5. The van der Waals surface area contributed by atoms with Gasteiger partial charge in [0, 0.05) is 10.0 Å². The number of fused-ring (bicyclic) bond motifs is 5. The second-order valence-electron chi connectivity index (χ2n) is 6.79. The summed E-state index contributed by atoms with van der Waals surface area (Å²) in [5.74, 6) is 0.197. The molecule has 6 nitrogen and oxygen atoms in total. The summed E-state index contributed by atoms with van der Waals surface area (Å²) in [5, 5.41) is 5.53. The fraction of sp³-hybridized carbons (Fsp3) is 0.421. The summed E-state index contributed by atoms with van der Waals surface area (Å²) in [6.45, 7) is 2.29. The minimum atomic E-state index is -0.272. The van der Waals surface area contributed by atoms with Gasteiger partial charge >= 0.3 is 0 Å². The Balaban J connectivity index is 1.63. The summed E-state index contributed by atoms with van der Waals surface area (Å²) in [5.41, 5.74) is 0.582. The first-order valence-electron chi connectivity index (χ1n) is 8.76. The number of amides is 2. The number of carbonyl (C=O) groups is 2. The molecule has 4 rings (SSSR count). The lowest BCUT2D eigenvalue weighted by Gasteiger charge is -2.14. The van der Waals surface area contributed by atoms with Crippen LogP contribution in [0.5, 0.6) is 11.5 Å². The Hall–Kier alpha value is -1.86. The molecule has 0 unspecified atom stereocenters. The third-order valence-electron chi connectivity index (χ3n) is 5.42. The minimum absolute atomic E-state index is 0.156. The zero-order valence-electron chi connectivity index (χ0n) is 14.8. The van der Waals surface area contributed by atoms with Gasteiger partial charge in [-0.25, -0.2) is 0 Å². The van der Waals surface area contributed by atoms with Gasteiger partial charge in [-0.3, -0.25) is 9.59 Å². The van der Waals surface area contributed by atoms with Gasteiger partial charge in [0.15, 0.2) is 11.5 Å². The second-order valence-corrected chi connectivity index (χ2v) is 7.96. The van der Waals surface area contributed by atoms with Crippen molar-refractivity contribution < 1.29 is 19.1 Å². The smallest absolute Gasteiger partial charge is 0.254 e. The van der Waals surface area contributed by atoms with Crippen molar-refractivity contribution in [2.45, 2.75) is 13.3 Å². The number of carbonyl (C=O) groups excluding carboxylic acids is 2. The van der Waals surface area contributed by atoms with Crippen molar-refractivity contribution in [3.63, 3.8) is 0 Å². The maximum absolute atomic E-state index is 12.7. The lowest BCUT2D eigenvalue weighted by Crippen LogP contribution is -2.28. The molecule has 2 aliphatic carbocycles. The van der Waals surface area contributed by atoms with Crippen LogP contribution in [0.2, 0.25) is 5.02 Å². The van der Waals surface area contributed by atoms with Crippen LogP contribution in [0.3, 0.4) is 0 Å². The highest BCUT2D eigenvalue weighted by molar-refractivity contribution is 9.10. The lowest BCUT2D eigenvalue weighted by atomic mass is 9.85. The van der Waals surface area contributed by atoms with Crippen molar-refractivity contribution in [3.05, 3.63) is 33.3 Å². The molecular formula is C19H18BrClN2O4. The average molecular weight is 454 g/mol. The number of ether oxygens (including phenoxy) is 2. The molecule has 1 saturated heterocycles. The Morgan fingerprint density at radius 2 is 1.93 bits per heavy atom. The van der Waals surface area contributed by atoms with Crippen molar-refractivity contribution >= 4 is 45.6 Å². The number of methoxy groups -OCH3 is 1. The third kappa shape index (κ3) is 2.79. The molecule has 8 heteroatoms. The van der Waals surface area contributed by atoms with Gasteiger partial charge in [-0.15, -0.1) is 0 Å². The number of imide groups is 1. The molecule has 2 fully saturated rings. The summed E-state index contributed by atoms with van der Waals surface area (Å²) in [4.78, 5) is 25.4. The molecule has 0 radical (unpaired) electrons. The average Bonchev–Trinajstić information content (AvgIpc) is 3.34. The molecule has 3 aliphatic rings. The maximum Gasteiger partial charge on any atom is 0.254 e. The zero-order chi connectivity index (χ0) is 19.3. The monoisotopic (exact) mass is 452 g/mol. The predicted octanol–water partition coefficient (Wildman–Crippen LogP) is 3.65. The molecule has 2 bridgehead atoms. The van der Waals surface area contributed by atoms with Crippen molar-refractivity contribution in [1.29, 1.82) is 0 Å². The number of hydrogen-bond donors (Lipinski definition) is 0. The van der Waals surface area contributed by atoms with Crippen LogP contribution in [-0.2, 0) is 9.59 Å². The van der Waals surface area contributed by atoms with E-state index in [0.717, 1.165) is 11.4 Å². The summed E-state index contributed by atoms with van der Waals surface area (Å²) < 4.78 is 11.4. The zero-order valence-corrected chi connectivity index (χ0v) is 17.2. The molecule has 0 spiro atoms. The molecule has 1 aliphatic heterocycles. The van der Waals surface area contributed by atoms with Crippen molar-refractivity contribution in [2.24, 2.45) is 28.8 Å². The Kier molecular flexibility index (Phi) is 4.76. The van der Waals surface area contributed by atoms with E-state index < -0.39 is 0 Å². The molecular weight excluding hydrogens is 436 g/mol. The Bertz CT molecular complexity index is 855. The van der Waals surface area contributed by atoms with Crippen LogP contribution in [0.1, 0.15) is 18.9 Å². The van der Waals surface area contributed by atoms with Crippen molar-refractivity contribution in [2.75, 3.05) is 13.7 Å². The first-order chi connectivity index (χ1) is 13.0. The normalized spacial score (nSPS) is 28.5. The molecule has 1 aromatic rings. The molecule has 1 heterocycles. The van der Waals surface area contributed by atoms with E-state index in [4.69, 9.17) is 21.1 Å². The number of hydrazone groups is 1. The first-order valence-corrected chi connectivity index (χ1v) is 9.93. The number of benzene rings is 1. The van der Waals surface area contributed by atoms with E-state index >= 15 is 0 Å². The van der Waals surface area contributed by atoms with Crippen LogP contribution in [0.25, 0.3) is 0 Å². The Labute approximate surface area is 170 Å². The van der Waals surface area contributed by atoms with E-state index in [1.807, 2.05) is 6.92 Å². The van der Waals surface area contributed by atoms with E-state index in [1.54, 1.807) is 6.07 Å². The third-order valence-corrected chi connectivity index (χ3v) is 6.87. The summed E-state index contributed by atoms with van der Waals surface area (Å²) in [6, 6.07) is 1.70. The topological polar surface area (TPSA) is 68.2 Å². The van der Waals surface area contributed by atoms with E-state index in [-0.39, 0.29) is 35.5 Å². The van der Waals surface area contributed by atoms with Gasteiger partial charge in [-0.2, -0.15) is 10.1 Å². The lowest BCUT2D eigenvalue weighted by molar-refractivity contribution is -0.140.